The molecule has 4 aliphatic heterocycles. The molecule has 3 unspecified atom stereocenters. The monoisotopic (exact) mass is 718 g/mol. The zero-order valence-electron chi connectivity index (χ0n) is 26.3. The number of hydrogen-bond donors (Lipinski definition) is 1. The summed E-state index contributed by atoms with van der Waals surface area (Å²) >= 11 is 7.86. The Labute approximate surface area is 287 Å². The van der Waals surface area contributed by atoms with Gasteiger partial charge in [-0.15, -0.1) is 11.3 Å². The van der Waals surface area contributed by atoms with Crippen molar-refractivity contribution in [3.63, 3.8) is 0 Å². The van der Waals surface area contributed by atoms with Gasteiger partial charge in [0.15, 0.2) is 11.6 Å². The van der Waals surface area contributed by atoms with Crippen LogP contribution >= 0.6 is 22.9 Å². The molecule has 2 N–H and O–H groups in total. The van der Waals surface area contributed by atoms with E-state index < -0.39 is 41.9 Å². The van der Waals surface area contributed by atoms with Crippen LogP contribution in [0.3, 0.4) is 0 Å². The molecule has 0 amide bonds. The highest BCUT2D eigenvalue weighted by molar-refractivity contribution is 7.23. The molecule has 4 aliphatic rings. The van der Waals surface area contributed by atoms with Crippen LogP contribution in [0.25, 0.3) is 32.1 Å². The first kappa shape index (κ1) is 32.5. The molecule has 4 atom stereocenters. The van der Waals surface area contributed by atoms with Crippen LogP contribution in [0.15, 0.2) is 12.1 Å². The van der Waals surface area contributed by atoms with Crippen LogP contribution in [0.4, 0.5) is 32.8 Å². The number of nitrogens with two attached hydrogens (primary N) is 1. The Kier molecular flexibility index (Phi) is 8.15. The Balaban J connectivity index is 1.38. The molecular formula is C34H32ClF5N6O2S. The zero-order valence-corrected chi connectivity index (χ0v) is 27.8. The van der Waals surface area contributed by atoms with Crippen LogP contribution < -0.4 is 20.1 Å². The van der Waals surface area contributed by atoms with Crippen molar-refractivity contribution in [3.8, 4) is 29.0 Å². The highest BCUT2D eigenvalue weighted by Gasteiger charge is 2.49. The van der Waals surface area contributed by atoms with Crippen molar-refractivity contribution in [1.82, 2.24) is 14.9 Å². The second-order valence-corrected chi connectivity index (χ2v) is 14.8. The quantitative estimate of drug-likeness (QED) is 0.207. The normalized spacial score (nSPS) is 25.5. The Morgan fingerprint density at radius 1 is 1.16 bits per heavy atom. The fourth-order valence-electron chi connectivity index (χ4n) is 8.45. The molecule has 0 spiro atoms. The number of ether oxygens (including phenoxy) is 2. The first-order chi connectivity index (χ1) is 23.6. The Morgan fingerprint density at radius 2 is 1.98 bits per heavy atom. The molecule has 3 fully saturated rings. The maximum atomic E-state index is 17.3. The molecule has 2 aromatic carbocycles. The van der Waals surface area contributed by atoms with E-state index >= 15 is 8.78 Å². The number of hydrogen-bond acceptors (Lipinski definition) is 9. The minimum atomic E-state index is -2.73. The van der Waals surface area contributed by atoms with Crippen molar-refractivity contribution < 1.29 is 31.4 Å². The van der Waals surface area contributed by atoms with Gasteiger partial charge in [-0.3, -0.25) is 4.90 Å². The molecular weight excluding hydrogens is 687 g/mol. The van der Waals surface area contributed by atoms with Gasteiger partial charge in [-0.1, -0.05) is 30.5 Å². The number of anilines is 2. The molecule has 15 heteroatoms. The van der Waals surface area contributed by atoms with Crippen LogP contribution in [-0.2, 0) is 0 Å². The smallest absolute Gasteiger partial charge is 0.319 e. The van der Waals surface area contributed by atoms with Gasteiger partial charge in [-0.05, 0) is 43.9 Å². The molecule has 49 heavy (non-hydrogen) atoms. The van der Waals surface area contributed by atoms with Gasteiger partial charge in [-0.2, -0.15) is 15.2 Å². The topological polar surface area (TPSA) is 101 Å². The van der Waals surface area contributed by atoms with E-state index in [0.29, 0.717) is 32.2 Å². The second-order valence-electron chi connectivity index (χ2n) is 13.4. The largest absolute Gasteiger partial charge is 0.491 e. The Bertz CT molecular complexity index is 2030. The predicted octanol–water partition coefficient (Wildman–Crippen LogP) is 8.02. The van der Waals surface area contributed by atoms with Gasteiger partial charge in [-0.25, -0.2) is 22.0 Å². The lowest BCUT2D eigenvalue weighted by Crippen LogP contribution is -2.48. The minimum Gasteiger partial charge on any atom is -0.491 e. The molecule has 8 nitrogen and oxygen atoms in total. The highest BCUT2D eigenvalue weighted by atomic mass is 35.5. The summed E-state index contributed by atoms with van der Waals surface area (Å²) in [5.41, 5.74) is 5.06. The summed E-state index contributed by atoms with van der Waals surface area (Å²) in [6, 6.07) is 2.58. The maximum Gasteiger partial charge on any atom is 0.319 e. The molecule has 4 aromatic rings. The van der Waals surface area contributed by atoms with Crippen molar-refractivity contribution >= 4 is 54.7 Å². The number of alkyl halides is 3. The predicted molar refractivity (Wildman–Crippen MR) is 178 cm³/mol. The second kappa shape index (κ2) is 12.3. The average molecular weight is 719 g/mol. The summed E-state index contributed by atoms with van der Waals surface area (Å²) in [5.74, 6) is -1.58. The van der Waals surface area contributed by atoms with Gasteiger partial charge in [0.2, 0.25) is 0 Å². The number of rotatable bonds is 5. The van der Waals surface area contributed by atoms with Crippen molar-refractivity contribution in [2.75, 3.05) is 36.9 Å². The van der Waals surface area contributed by atoms with Gasteiger partial charge in [0.05, 0.1) is 38.9 Å². The molecule has 0 saturated carbocycles. The third-order valence-corrected chi connectivity index (χ3v) is 12.0. The molecule has 3 saturated heterocycles. The SMILES string of the molecule is N#Cc1c(N)sc2c(F)ccc(-c3c(Cl)c4c5c(nc(OCC67CCCN6C[C@H](F)C7)nc5c3F)N3C(CCCCC3C(F)F)CCO4)c12. The van der Waals surface area contributed by atoms with Crippen LogP contribution in [0.5, 0.6) is 11.8 Å². The Hall–Kier alpha value is -3.67. The van der Waals surface area contributed by atoms with E-state index in [4.69, 9.17) is 31.8 Å². The van der Waals surface area contributed by atoms with Gasteiger partial charge >= 0.3 is 6.01 Å². The fraction of sp³-hybridized carbons (Fsp3) is 0.500. The molecule has 0 bridgehead atoms. The maximum absolute atomic E-state index is 17.3. The first-order valence-electron chi connectivity index (χ1n) is 16.5. The number of thiophene rings is 1. The third kappa shape index (κ3) is 5.14. The molecule has 0 radical (unpaired) electrons. The van der Waals surface area contributed by atoms with Crippen LogP contribution in [-0.4, -0.2) is 71.4 Å². The summed E-state index contributed by atoms with van der Waals surface area (Å²) in [7, 11) is 0. The lowest BCUT2D eigenvalue weighted by Gasteiger charge is -2.39. The van der Waals surface area contributed by atoms with Crippen molar-refractivity contribution in [2.45, 2.75) is 81.6 Å². The van der Waals surface area contributed by atoms with E-state index in [1.807, 2.05) is 6.07 Å². The standard InChI is InChI=1S/C34H32ClF5N6O2S/c35-25-23(18-6-7-20(37)29-22(18)19(13-41)31(42)49-29)26(38)27-24-28(25)47-11-8-17-4-1-2-5-21(30(39)40)46(17)32(24)44-33(43-27)48-15-34-9-3-10-45(34)14-16(36)12-34/h6-7,16-17,21,30H,1-5,8-12,14-15,42H2/t16-,17?,21?,34?/m1/s1. The van der Waals surface area contributed by atoms with E-state index in [2.05, 4.69) is 9.88 Å². The van der Waals surface area contributed by atoms with Crippen LogP contribution in [0.1, 0.15) is 56.9 Å². The van der Waals surface area contributed by atoms with E-state index in [9.17, 15) is 18.4 Å². The molecule has 2 aromatic heterocycles. The molecule has 8 rings (SSSR count). The average Bonchev–Trinajstić information content (AvgIpc) is 3.65. The van der Waals surface area contributed by atoms with Crippen molar-refractivity contribution in [1.29, 1.82) is 5.26 Å². The molecule has 258 valence electrons. The van der Waals surface area contributed by atoms with Gasteiger partial charge < -0.3 is 20.1 Å². The van der Waals surface area contributed by atoms with E-state index in [1.165, 1.54) is 6.07 Å². The van der Waals surface area contributed by atoms with E-state index in [0.717, 1.165) is 36.8 Å². The number of benzene rings is 2. The highest BCUT2D eigenvalue weighted by Crippen LogP contribution is 2.52. The summed E-state index contributed by atoms with van der Waals surface area (Å²) in [6.07, 6.45) is 0.546. The number of nitrogens with zero attached hydrogens (tertiary/aromatic N) is 5. The summed E-state index contributed by atoms with van der Waals surface area (Å²) < 4.78 is 89.0. The number of aromatic nitrogens is 2. The third-order valence-electron chi connectivity index (χ3n) is 10.6. The molecule has 0 aliphatic carbocycles. The van der Waals surface area contributed by atoms with Crippen LogP contribution in [0.2, 0.25) is 5.02 Å². The lowest BCUT2D eigenvalue weighted by atomic mass is 9.95. The zero-order chi connectivity index (χ0) is 34.2. The van der Waals surface area contributed by atoms with Crippen LogP contribution in [0, 0.1) is 23.0 Å². The summed E-state index contributed by atoms with van der Waals surface area (Å²) in [6.45, 7) is 1.13. The van der Waals surface area contributed by atoms with E-state index in [1.54, 1.807) is 4.90 Å². The number of nitrogen functional groups attached to an aromatic ring is 1. The first-order valence-corrected chi connectivity index (χ1v) is 17.7. The minimum absolute atomic E-state index is 0.0128. The summed E-state index contributed by atoms with van der Waals surface area (Å²) in [5, 5.41) is 9.89. The van der Waals surface area contributed by atoms with Gasteiger partial charge in [0.1, 0.15) is 41.0 Å². The lowest BCUT2D eigenvalue weighted by molar-refractivity contribution is 0.102. The van der Waals surface area contributed by atoms with Gasteiger partial charge in [0, 0.05) is 36.4 Å². The molecule has 6 heterocycles. The van der Waals surface area contributed by atoms with Crippen molar-refractivity contribution in [3.05, 3.63) is 34.4 Å². The number of halogens is 6. The number of nitriles is 1. The summed E-state index contributed by atoms with van der Waals surface area (Å²) in [4.78, 5) is 12.8. The van der Waals surface area contributed by atoms with Gasteiger partial charge in [0.25, 0.3) is 6.43 Å². The fourth-order valence-corrected chi connectivity index (χ4v) is 9.74. The number of fused-ring (bicyclic) bond motifs is 4. The Morgan fingerprint density at radius 3 is 2.78 bits per heavy atom. The van der Waals surface area contributed by atoms with Crippen molar-refractivity contribution in [2.24, 2.45) is 0 Å². The van der Waals surface area contributed by atoms with E-state index in [-0.39, 0.29) is 91.3 Å².